The molecule has 6 heteroatoms. The van der Waals surface area contributed by atoms with Crippen LogP contribution in [-0.4, -0.2) is 23.5 Å². The Labute approximate surface area is 121 Å². The average molecular weight is 335 g/mol. The molecule has 4 nitrogen and oxygen atoms in total. The fourth-order valence-corrected chi connectivity index (χ4v) is 1.98. The third kappa shape index (κ3) is 5.23. The van der Waals surface area contributed by atoms with Crippen LogP contribution in [0.4, 0.5) is 5.82 Å². The van der Waals surface area contributed by atoms with Crippen molar-refractivity contribution < 1.29 is 4.79 Å². The van der Waals surface area contributed by atoms with Crippen LogP contribution in [0.15, 0.2) is 16.7 Å². The number of halogens is 2. The first-order valence-electron chi connectivity index (χ1n) is 5.87. The maximum Gasteiger partial charge on any atom is 0.221 e. The Bertz CT molecular complexity index is 414. The van der Waals surface area contributed by atoms with Gasteiger partial charge in [-0.15, -0.1) is 0 Å². The van der Waals surface area contributed by atoms with Gasteiger partial charge in [-0.25, -0.2) is 4.98 Å². The standard InChI is InChI=1S/C12H17BrClN3O/c1-3-8(2)17-11(18)4-5-15-12-10(14)6-9(13)7-16-12/h6-8H,3-5H2,1-2H3,(H,15,16)(H,17,18). The molecule has 0 fully saturated rings. The van der Waals surface area contributed by atoms with Gasteiger partial charge in [-0.2, -0.15) is 0 Å². The summed E-state index contributed by atoms with van der Waals surface area (Å²) in [5.41, 5.74) is 0. The van der Waals surface area contributed by atoms with Gasteiger partial charge in [0.1, 0.15) is 5.82 Å². The number of nitrogens with zero attached hydrogens (tertiary/aromatic N) is 1. The number of hydrogen-bond acceptors (Lipinski definition) is 3. The molecule has 1 unspecified atom stereocenters. The van der Waals surface area contributed by atoms with Crippen LogP contribution >= 0.6 is 27.5 Å². The molecule has 0 spiro atoms. The SMILES string of the molecule is CCC(C)NC(=O)CCNc1ncc(Br)cc1Cl. The quantitative estimate of drug-likeness (QED) is 0.840. The lowest BCUT2D eigenvalue weighted by atomic mass is 10.2. The molecule has 2 N–H and O–H groups in total. The minimum atomic E-state index is 0.0325. The van der Waals surface area contributed by atoms with Gasteiger partial charge in [-0.3, -0.25) is 4.79 Å². The van der Waals surface area contributed by atoms with E-state index < -0.39 is 0 Å². The number of aromatic nitrogens is 1. The van der Waals surface area contributed by atoms with Crippen molar-refractivity contribution in [1.82, 2.24) is 10.3 Å². The second-order valence-electron chi connectivity index (χ2n) is 4.04. The lowest BCUT2D eigenvalue weighted by Gasteiger charge is -2.12. The maximum absolute atomic E-state index is 11.5. The number of nitrogens with one attached hydrogen (secondary N) is 2. The lowest BCUT2D eigenvalue weighted by Crippen LogP contribution is -2.33. The second-order valence-corrected chi connectivity index (χ2v) is 5.36. The third-order valence-corrected chi connectivity index (χ3v) is 3.19. The molecule has 0 aliphatic carbocycles. The number of anilines is 1. The Kier molecular flexibility index (Phi) is 6.43. The third-order valence-electron chi connectivity index (χ3n) is 2.47. The minimum absolute atomic E-state index is 0.0325. The molecule has 1 atom stereocenters. The summed E-state index contributed by atoms with van der Waals surface area (Å²) < 4.78 is 0.826. The molecule has 1 aromatic rings. The predicted octanol–water partition coefficient (Wildman–Crippen LogP) is 3.21. The van der Waals surface area contributed by atoms with E-state index in [1.54, 1.807) is 12.3 Å². The van der Waals surface area contributed by atoms with Crippen LogP contribution in [0.1, 0.15) is 26.7 Å². The number of carbonyl (C=O) groups is 1. The second kappa shape index (κ2) is 7.59. The number of rotatable bonds is 6. The van der Waals surface area contributed by atoms with Crippen LogP contribution in [0.3, 0.4) is 0 Å². The molecule has 0 radical (unpaired) electrons. The highest BCUT2D eigenvalue weighted by atomic mass is 79.9. The Morgan fingerprint density at radius 2 is 2.33 bits per heavy atom. The monoisotopic (exact) mass is 333 g/mol. The Hall–Kier alpha value is -0.810. The molecule has 1 heterocycles. The predicted molar refractivity (Wildman–Crippen MR) is 77.9 cm³/mol. The molecule has 1 amide bonds. The fraction of sp³-hybridized carbons (Fsp3) is 0.500. The number of hydrogen-bond donors (Lipinski definition) is 2. The molecule has 1 rings (SSSR count). The first-order valence-corrected chi connectivity index (χ1v) is 7.04. The maximum atomic E-state index is 11.5. The van der Waals surface area contributed by atoms with Crippen molar-refractivity contribution in [1.29, 1.82) is 0 Å². The van der Waals surface area contributed by atoms with E-state index in [1.807, 2.05) is 13.8 Å². The summed E-state index contributed by atoms with van der Waals surface area (Å²) in [5, 5.41) is 6.47. The smallest absolute Gasteiger partial charge is 0.221 e. The summed E-state index contributed by atoms with van der Waals surface area (Å²) in [4.78, 5) is 15.7. The normalized spacial score (nSPS) is 12.0. The van der Waals surface area contributed by atoms with E-state index in [-0.39, 0.29) is 11.9 Å². The van der Waals surface area contributed by atoms with E-state index in [2.05, 4.69) is 31.5 Å². The largest absolute Gasteiger partial charge is 0.368 e. The molecule has 0 aliphatic heterocycles. The summed E-state index contributed by atoms with van der Waals surface area (Å²) in [7, 11) is 0. The van der Waals surface area contributed by atoms with E-state index in [9.17, 15) is 4.79 Å². The van der Waals surface area contributed by atoms with Crippen molar-refractivity contribution in [3.63, 3.8) is 0 Å². The molecule has 0 bridgehead atoms. The van der Waals surface area contributed by atoms with Gasteiger partial charge >= 0.3 is 0 Å². The van der Waals surface area contributed by atoms with Gasteiger partial charge < -0.3 is 10.6 Å². The summed E-state index contributed by atoms with van der Waals surface area (Å²) in [6.45, 7) is 4.53. The van der Waals surface area contributed by atoms with Gasteiger partial charge in [0.25, 0.3) is 0 Å². The van der Waals surface area contributed by atoms with E-state index in [4.69, 9.17) is 11.6 Å². The van der Waals surface area contributed by atoms with Gasteiger partial charge in [0.2, 0.25) is 5.91 Å². The minimum Gasteiger partial charge on any atom is -0.368 e. The summed E-state index contributed by atoms with van der Waals surface area (Å²) >= 11 is 9.28. The summed E-state index contributed by atoms with van der Waals surface area (Å²) in [5.74, 6) is 0.626. The number of amides is 1. The van der Waals surface area contributed by atoms with E-state index in [0.29, 0.717) is 23.8 Å². The molecule has 1 aromatic heterocycles. The zero-order valence-electron chi connectivity index (χ0n) is 10.5. The zero-order valence-corrected chi connectivity index (χ0v) is 12.8. The summed E-state index contributed by atoms with van der Waals surface area (Å²) in [6, 6.07) is 1.97. The number of pyridine rings is 1. The van der Waals surface area contributed by atoms with Crippen LogP contribution in [-0.2, 0) is 4.79 Å². The van der Waals surface area contributed by atoms with E-state index >= 15 is 0 Å². The van der Waals surface area contributed by atoms with Gasteiger partial charge in [0.15, 0.2) is 0 Å². The van der Waals surface area contributed by atoms with Gasteiger partial charge in [-0.05, 0) is 35.3 Å². The van der Waals surface area contributed by atoms with Crippen molar-refractivity contribution in [3.05, 3.63) is 21.8 Å². The average Bonchev–Trinajstić information content (AvgIpc) is 2.31. The van der Waals surface area contributed by atoms with Crippen LogP contribution < -0.4 is 10.6 Å². The molecule has 0 aliphatic rings. The Morgan fingerprint density at radius 3 is 2.94 bits per heavy atom. The summed E-state index contributed by atoms with van der Waals surface area (Å²) in [6.07, 6.45) is 2.99. The lowest BCUT2D eigenvalue weighted by molar-refractivity contribution is -0.121. The molecule has 100 valence electrons. The first kappa shape index (κ1) is 15.2. The van der Waals surface area contributed by atoms with Crippen molar-refractivity contribution in [2.45, 2.75) is 32.7 Å². The van der Waals surface area contributed by atoms with Crippen molar-refractivity contribution >= 4 is 39.3 Å². The van der Waals surface area contributed by atoms with Gasteiger partial charge in [-0.1, -0.05) is 18.5 Å². The zero-order chi connectivity index (χ0) is 13.5. The molecule has 18 heavy (non-hydrogen) atoms. The molecular weight excluding hydrogens is 318 g/mol. The fourth-order valence-electron chi connectivity index (χ4n) is 1.29. The molecule has 0 saturated heterocycles. The van der Waals surface area contributed by atoms with Crippen LogP contribution in [0.2, 0.25) is 5.02 Å². The first-order chi connectivity index (χ1) is 8.52. The number of carbonyl (C=O) groups excluding carboxylic acids is 1. The van der Waals surface area contributed by atoms with Crippen LogP contribution in [0.5, 0.6) is 0 Å². The molecule has 0 saturated carbocycles. The molecular formula is C12H17BrClN3O. The Morgan fingerprint density at radius 1 is 1.61 bits per heavy atom. The highest BCUT2D eigenvalue weighted by molar-refractivity contribution is 9.10. The van der Waals surface area contributed by atoms with E-state index in [0.717, 1.165) is 10.9 Å². The van der Waals surface area contributed by atoms with Gasteiger partial charge in [0, 0.05) is 29.7 Å². The van der Waals surface area contributed by atoms with Crippen LogP contribution in [0.25, 0.3) is 0 Å². The highest BCUT2D eigenvalue weighted by Gasteiger charge is 2.06. The van der Waals surface area contributed by atoms with Gasteiger partial charge in [0.05, 0.1) is 5.02 Å². The van der Waals surface area contributed by atoms with Crippen molar-refractivity contribution in [2.24, 2.45) is 0 Å². The Balaban J connectivity index is 2.35. The van der Waals surface area contributed by atoms with Crippen molar-refractivity contribution in [3.8, 4) is 0 Å². The van der Waals surface area contributed by atoms with Crippen LogP contribution in [0, 0.1) is 0 Å². The van der Waals surface area contributed by atoms with Crippen molar-refractivity contribution in [2.75, 3.05) is 11.9 Å². The molecule has 0 aromatic carbocycles. The highest BCUT2D eigenvalue weighted by Crippen LogP contribution is 2.22. The van der Waals surface area contributed by atoms with E-state index in [1.165, 1.54) is 0 Å². The topological polar surface area (TPSA) is 54.0 Å².